The first-order valence-electron chi connectivity index (χ1n) is 8.98. The molecule has 0 aliphatic carbocycles. The molecule has 2 amide bonds. The molecule has 1 aromatic carbocycles. The Kier molecular flexibility index (Phi) is 4.37. The normalized spacial score (nSPS) is 28.5. The van der Waals surface area contributed by atoms with Gasteiger partial charge in [-0.3, -0.25) is 9.59 Å². The molecule has 134 valence electrons. The number of hydrogen-bond donors (Lipinski definition) is 0. The van der Waals surface area contributed by atoms with E-state index >= 15 is 0 Å². The smallest absolute Gasteiger partial charge is 0.251 e. The lowest BCUT2D eigenvalue weighted by molar-refractivity contribution is -0.140. The molecule has 0 bridgehead atoms. The summed E-state index contributed by atoms with van der Waals surface area (Å²) in [5.74, 6) is 1.25. The van der Waals surface area contributed by atoms with Gasteiger partial charge in [-0.15, -0.1) is 0 Å². The molecule has 3 aliphatic heterocycles. The van der Waals surface area contributed by atoms with Gasteiger partial charge < -0.3 is 19.3 Å². The highest BCUT2D eigenvalue weighted by atomic mass is 16.5. The molecule has 6 heteroatoms. The summed E-state index contributed by atoms with van der Waals surface area (Å²) in [6, 6.07) is 7.82. The van der Waals surface area contributed by atoms with Gasteiger partial charge >= 0.3 is 0 Å². The molecule has 0 unspecified atom stereocenters. The van der Waals surface area contributed by atoms with E-state index in [-0.39, 0.29) is 29.8 Å². The molecular formula is C19H24N2O4. The van der Waals surface area contributed by atoms with Gasteiger partial charge in [0.1, 0.15) is 11.9 Å². The minimum absolute atomic E-state index is 0.0522. The minimum Gasteiger partial charge on any atom is -0.497 e. The molecule has 3 saturated heterocycles. The second kappa shape index (κ2) is 6.67. The van der Waals surface area contributed by atoms with Gasteiger partial charge in [-0.25, -0.2) is 0 Å². The first-order chi connectivity index (χ1) is 12.2. The number of carbonyl (C=O) groups is 2. The Morgan fingerprint density at radius 3 is 2.68 bits per heavy atom. The fourth-order valence-corrected chi connectivity index (χ4v) is 4.19. The first kappa shape index (κ1) is 16.4. The molecule has 25 heavy (non-hydrogen) atoms. The Balaban J connectivity index is 1.36. The fourth-order valence-electron chi connectivity index (χ4n) is 4.19. The average Bonchev–Trinajstić information content (AvgIpc) is 3.35. The number of fused-ring (bicyclic) bond motifs is 1. The largest absolute Gasteiger partial charge is 0.497 e. The minimum atomic E-state index is -0.288. The van der Waals surface area contributed by atoms with E-state index in [4.69, 9.17) is 9.47 Å². The van der Waals surface area contributed by atoms with Crippen LogP contribution < -0.4 is 4.74 Å². The summed E-state index contributed by atoms with van der Waals surface area (Å²) in [7, 11) is 1.64. The van der Waals surface area contributed by atoms with Crippen molar-refractivity contribution in [2.75, 3.05) is 33.4 Å². The van der Waals surface area contributed by atoms with Gasteiger partial charge in [0.25, 0.3) is 5.91 Å². The van der Waals surface area contributed by atoms with Crippen molar-refractivity contribution < 1.29 is 19.1 Å². The number of carbonyl (C=O) groups excluding carboxylic acids is 2. The maximum absolute atomic E-state index is 12.7. The number of nitrogens with zero attached hydrogens (tertiary/aromatic N) is 2. The van der Waals surface area contributed by atoms with Crippen LogP contribution in [0.15, 0.2) is 24.3 Å². The number of amides is 2. The van der Waals surface area contributed by atoms with Gasteiger partial charge in [0.15, 0.2) is 0 Å². The summed E-state index contributed by atoms with van der Waals surface area (Å²) in [4.78, 5) is 29.0. The molecule has 0 aromatic heterocycles. The molecule has 0 spiro atoms. The van der Waals surface area contributed by atoms with E-state index in [2.05, 4.69) is 0 Å². The molecule has 3 atom stereocenters. The molecule has 0 N–H and O–H groups in total. The van der Waals surface area contributed by atoms with Crippen LogP contribution in [0.25, 0.3) is 0 Å². The maximum atomic E-state index is 12.7. The lowest BCUT2D eigenvalue weighted by atomic mass is 10.0. The van der Waals surface area contributed by atoms with Gasteiger partial charge in [-0.1, -0.05) is 12.1 Å². The van der Waals surface area contributed by atoms with Crippen LogP contribution in [0.1, 0.15) is 18.4 Å². The van der Waals surface area contributed by atoms with E-state index in [9.17, 15) is 9.59 Å². The van der Waals surface area contributed by atoms with Crippen molar-refractivity contribution in [2.45, 2.75) is 25.5 Å². The molecule has 6 nitrogen and oxygen atoms in total. The summed E-state index contributed by atoms with van der Waals surface area (Å²) in [5, 5.41) is 0. The van der Waals surface area contributed by atoms with Crippen LogP contribution in [-0.4, -0.2) is 61.1 Å². The van der Waals surface area contributed by atoms with Crippen molar-refractivity contribution in [3.05, 3.63) is 29.8 Å². The summed E-state index contributed by atoms with van der Waals surface area (Å²) in [5.41, 5.74) is 1.10. The Bertz CT molecular complexity index is 654. The van der Waals surface area contributed by atoms with Crippen LogP contribution in [0.4, 0.5) is 0 Å². The quantitative estimate of drug-likeness (QED) is 0.826. The van der Waals surface area contributed by atoms with Crippen molar-refractivity contribution in [1.29, 1.82) is 0 Å². The van der Waals surface area contributed by atoms with Gasteiger partial charge in [-0.2, -0.15) is 0 Å². The summed E-state index contributed by atoms with van der Waals surface area (Å²) in [6.45, 7) is 3.24. The van der Waals surface area contributed by atoms with Crippen molar-refractivity contribution in [2.24, 2.45) is 11.8 Å². The highest BCUT2D eigenvalue weighted by Gasteiger charge is 2.48. The van der Waals surface area contributed by atoms with E-state index in [1.807, 2.05) is 34.1 Å². The maximum Gasteiger partial charge on any atom is 0.251 e. The lowest BCUT2D eigenvalue weighted by Crippen LogP contribution is -2.40. The van der Waals surface area contributed by atoms with Crippen LogP contribution in [0.3, 0.4) is 0 Å². The number of hydrogen-bond acceptors (Lipinski definition) is 4. The van der Waals surface area contributed by atoms with Crippen LogP contribution >= 0.6 is 0 Å². The fraction of sp³-hybridized carbons (Fsp3) is 0.579. The standard InChI is InChI=1S/C19H24N2O4/c1-24-15-6-4-13(5-7-15)9-20-10-14-11-21(12-16(14)18(20)22)19(23)17-3-2-8-25-17/h4-7,14,16-17H,2-3,8-12H2,1H3/t14-,16+,17-/m1/s1. The molecule has 0 saturated carbocycles. The number of benzene rings is 1. The van der Waals surface area contributed by atoms with Crippen LogP contribution in [0.2, 0.25) is 0 Å². The average molecular weight is 344 g/mol. The van der Waals surface area contributed by atoms with Gasteiger partial charge in [0.05, 0.1) is 13.0 Å². The first-order valence-corrected chi connectivity index (χ1v) is 8.98. The van der Waals surface area contributed by atoms with E-state index in [1.54, 1.807) is 7.11 Å². The number of ether oxygens (including phenoxy) is 2. The second-order valence-electron chi connectivity index (χ2n) is 7.18. The molecule has 0 radical (unpaired) electrons. The van der Waals surface area contributed by atoms with Crippen LogP contribution in [-0.2, 0) is 20.9 Å². The molecule has 1 aromatic rings. The van der Waals surface area contributed by atoms with Crippen molar-refractivity contribution in [1.82, 2.24) is 9.80 Å². The second-order valence-corrected chi connectivity index (χ2v) is 7.18. The van der Waals surface area contributed by atoms with Crippen molar-refractivity contribution in [3.8, 4) is 5.75 Å². The zero-order valence-corrected chi connectivity index (χ0v) is 14.5. The highest BCUT2D eigenvalue weighted by molar-refractivity contribution is 5.86. The third kappa shape index (κ3) is 3.11. The van der Waals surface area contributed by atoms with Gasteiger partial charge in [-0.05, 0) is 30.5 Å². The monoisotopic (exact) mass is 344 g/mol. The van der Waals surface area contributed by atoms with Crippen LogP contribution in [0, 0.1) is 11.8 Å². The van der Waals surface area contributed by atoms with Gasteiger partial charge in [0.2, 0.25) is 5.91 Å². The third-order valence-corrected chi connectivity index (χ3v) is 5.57. The Morgan fingerprint density at radius 1 is 1.24 bits per heavy atom. The van der Waals surface area contributed by atoms with E-state index in [1.165, 1.54) is 0 Å². The van der Waals surface area contributed by atoms with Gasteiger partial charge in [0, 0.05) is 38.7 Å². The summed E-state index contributed by atoms with van der Waals surface area (Å²) >= 11 is 0. The van der Waals surface area contributed by atoms with Crippen molar-refractivity contribution >= 4 is 11.8 Å². The Labute approximate surface area is 147 Å². The van der Waals surface area contributed by atoms with Crippen LogP contribution in [0.5, 0.6) is 5.75 Å². The molecular weight excluding hydrogens is 320 g/mol. The predicted molar refractivity (Wildman–Crippen MR) is 90.9 cm³/mol. The third-order valence-electron chi connectivity index (χ3n) is 5.57. The number of likely N-dealkylation sites (tertiary alicyclic amines) is 2. The van der Waals surface area contributed by atoms with E-state index < -0.39 is 0 Å². The molecule has 3 heterocycles. The number of methoxy groups -OCH3 is 1. The van der Waals surface area contributed by atoms with Crippen molar-refractivity contribution in [3.63, 3.8) is 0 Å². The van der Waals surface area contributed by atoms with E-state index in [0.29, 0.717) is 26.2 Å². The summed E-state index contributed by atoms with van der Waals surface area (Å²) in [6.07, 6.45) is 1.47. The Hall–Kier alpha value is -2.08. The number of rotatable bonds is 4. The van der Waals surface area contributed by atoms with E-state index in [0.717, 1.165) is 30.7 Å². The zero-order chi connectivity index (χ0) is 17.4. The molecule has 4 rings (SSSR count). The topological polar surface area (TPSA) is 59.1 Å². The predicted octanol–water partition coefficient (Wildman–Crippen LogP) is 1.29. The SMILES string of the molecule is COc1ccc(CN2C[C@@H]3CN(C(=O)[C@H]4CCCO4)C[C@@H]3C2=O)cc1. The Morgan fingerprint density at radius 2 is 2.04 bits per heavy atom. The lowest BCUT2D eigenvalue weighted by Gasteiger charge is -2.23. The molecule has 3 aliphatic rings. The summed E-state index contributed by atoms with van der Waals surface area (Å²) < 4.78 is 10.7. The highest BCUT2D eigenvalue weighted by Crippen LogP contribution is 2.34. The molecule has 3 fully saturated rings. The zero-order valence-electron chi connectivity index (χ0n) is 14.5.